The van der Waals surface area contributed by atoms with Gasteiger partial charge in [-0.2, -0.15) is 31.3 Å². The number of hydrogen-bond acceptors (Lipinski definition) is 17. The van der Waals surface area contributed by atoms with E-state index in [1.54, 1.807) is 0 Å². The zero-order valence-electron chi connectivity index (χ0n) is 23.1. The Bertz CT molecular complexity index is 2140. The molecule has 25 heteroatoms. The van der Waals surface area contributed by atoms with Gasteiger partial charge in [-0.15, -0.1) is 4.33 Å². The summed E-state index contributed by atoms with van der Waals surface area (Å²) in [6.45, 7) is -0.694. The maximum Gasteiger partial charge on any atom is 0.357 e. The number of nitrogens with one attached hydrogen (secondary N) is 1. The molecule has 0 atom stereocenters. The summed E-state index contributed by atoms with van der Waals surface area (Å²) < 4.78 is 76.3. The Morgan fingerprint density at radius 3 is 2.10 bits per heavy atom. The van der Waals surface area contributed by atoms with E-state index in [0.29, 0.717) is 33.8 Å². The number of benzene rings is 2. The van der Waals surface area contributed by atoms with Crippen molar-refractivity contribution in [2.45, 2.75) is 26.2 Å². The minimum atomic E-state index is -5.02. The Balaban J connectivity index is 1.81. The second kappa shape index (κ2) is 14.9. The first-order chi connectivity index (χ1) is 22.6. The molecule has 2 heterocycles. The largest absolute Gasteiger partial charge is 0.476 e. The van der Waals surface area contributed by atoms with Crippen LogP contribution in [0.4, 0.5) is 5.69 Å². The fraction of sp³-hybridized carbons (Fsp3) is 0.0435. The zero-order valence-corrected chi connectivity index (χ0v) is 26.3. The molecular formula is C23H18N4O17S4. The van der Waals surface area contributed by atoms with Crippen molar-refractivity contribution in [2.24, 2.45) is 5.10 Å². The number of carboxylic acids is 1. The van der Waals surface area contributed by atoms with Gasteiger partial charge in [-0.25, -0.2) is 24.9 Å². The molecule has 2 aromatic carbocycles. The molecular weight excluding hydrogens is 733 g/mol. The highest BCUT2D eigenvalue weighted by Gasteiger charge is 2.37. The normalized spacial score (nSPS) is 14.8. The van der Waals surface area contributed by atoms with Crippen molar-refractivity contribution in [1.82, 2.24) is 9.78 Å². The van der Waals surface area contributed by atoms with Gasteiger partial charge >= 0.3 is 5.97 Å². The Labute approximate surface area is 275 Å². The van der Waals surface area contributed by atoms with Gasteiger partial charge in [0.05, 0.1) is 52.3 Å². The maximum atomic E-state index is 13.4. The highest BCUT2D eigenvalue weighted by molar-refractivity contribution is 7.94. The van der Waals surface area contributed by atoms with Crippen LogP contribution in [0.3, 0.4) is 0 Å². The van der Waals surface area contributed by atoms with E-state index >= 15 is 0 Å². The SMILES string of the molecule is O=C(O)C1=NN(c2cc(SOOO)ccc2S(=O)(=O)O)C(=O)/C1=C/C=C/c1c(COO)[nH]n(-c2cc(SOO)ccc2S(=O)(=O)O)c1=O. The average Bonchev–Trinajstić information content (AvgIpc) is 3.51. The third-order valence-corrected chi connectivity index (χ3v) is 8.90. The predicted octanol–water partition coefficient (Wildman–Crippen LogP) is 2.00. The Morgan fingerprint density at radius 1 is 0.938 bits per heavy atom. The van der Waals surface area contributed by atoms with E-state index < -0.39 is 76.7 Å². The number of carbonyl (C=O) groups excluding carboxylic acids is 1. The molecule has 4 rings (SSSR count). The number of allylic oxidation sites excluding steroid dienone is 2. The second-order valence-electron chi connectivity index (χ2n) is 8.82. The third-order valence-electron chi connectivity index (χ3n) is 6.00. The lowest BCUT2D eigenvalue weighted by Gasteiger charge is -2.15. The second-order valence-corrected chi connectivity index (χ2v) is 13.2. The van der Waals surface area contributed by atoms with Crippen LogP contribution >= 0.6 is 24.1 Å². The molecule has 1 aliphatic heterocycles. The van der Waals surface area contributed by atoms with E-state index in [1.165, 1.54) is 0 Å². The molecule has 3 aromatic rings. The van der Waals surface area contributed by atoms with Crippen LogP contribution < -0.4 is 10.6 Å². The Kier molecular flexibility index (Phi) is 11.4. The summed E-state index contributed by atoms with van der Waals surface area (Å²) in [5.74, 6) is -2.96. The molecule has 0 aliphatic carbocycles. The number of carboxylic acid groups (broad SMARTS) is 1. The summed E-state index contributed by atoms with van der Waals surface area (Å²) in [6, 6.07) is 5.95. The van der Waals surface area contributed by atoms with Crippen molar-refractivity contribution >= 4 is 73.7 Å². The van der Waals surface area contributed by atoms with Crippen molar-refractivity contribution in [2.75, 3.05) is 5.01 Å². The van der Waals surface area contributed by atoms with Crippen LogP contribution in [0, 0.1) is 0 Å². The molecule has 0 unspecified atom stereocenters. The van der Waals surface area contributed by atoms with Crippen molar-refractivity contribution in [3.8, 4) is 5.69 Å². The van der Waals surface area contributed by atoms with Gasteiger partial charge in [0.2, 0.25) is 0 Å². The summed E-state index contributed by atoms with van der Waals surface area (Å²) in [7, 11) is -9.95. The van der Waals surface area contributed by atoms with Crippen LogP contribution in [0.25, 0.3) is 11.8 Å². The van der Waals surface area contributed by atoms with Crippen LogP contribution in [0.2, 0.25) is 0 Å². The minimum Gasteiger partial charge on any atom is -0.476 e. The van der Waals surface area contributed by atoms with E-state index in [-0.39, 0.29) is 21.0 Å². The molecule has 1 aliphatic rings. The highest BCUT2D eigenvalue weighted by atomic mass is 32.2. The number of aromatic amines is 1. The van der Waals surface area contributed by atoms with Crippen LogP contribution in [0.5, 0.6) is 0 Å². The molecule has 21 nitrogen and oxygen atoms in total. The van der Waals surface area contributed by atoms with Gasteiger partial charge in [-0.1, -0.05) is 11.1 Å². The van der Waals surface area contributed by atoms with Crippen LogP contribution in [0.1, 0.15) is 11.3 Å². The number of aromatic nitrogens is 2. The fourth-order valence-electron chi connectivity index (χ4n) is 4.11. The molecule has 0 spiro atoms. The highest BCUT2D eigenvalue weighted by Crippen LogP contribution is 2.34. The lowest BCUT2D eigenvalue weighted by molar-refractivity contribution is -0.432. The van der Waals surface area contributed by atoms with Gasteiger partial charge in [-0.05, 0) is 48.6 Å². The first-order valence-corrected chi connectivity index (χ1v) is 16.5. The third kappa shape index (κ3) is 7.90. The quantitative estimate of drug-likeness (QED) is 0.0407. The van der Waals surface area contributed by atoms with Gasteiger partial charge < -0.3 is 5.11 Å². The van der Waals surface area contributed by atoms with Crippen LogP contribution in [0.15, 0.2) is 83.6 Å². The molecule has 0 radical (unpaired) electrons. The number of nitrogens with zero attached hydrogens (tertiary/aromatic N) is 3. The summed E-state index contributed by atoms with van der Waals surface area (Å²) in [6.07, 6.45) is 2.87. The summed E-state index contributed by atoms with van der Waals surface area (Å²) in [5.41, 5.74) is -4.18. The van der Waals surface area contributed by atoms with Crippen molar-refractivity contribution in [3.05, 3.63) is 75.7 Å². The lowest BCUT2D eigenvalue weighted by Crippen LogP contribution is -2.24. The average molecular weight is 751 g/mol. The minimum absolute atomic E-state index is 0.00353. The molecule has 0 saturated carbocycles. The Hall–Kier alpha value is -4.22. The topological polar surface area (TPSA) is 314 Å². The lowest BCUT2D eigenvalue weighted by atomic mass is 10.1. The molecule has 0 fully saturated rings. The number of aliphatic carboxylic acids is 1. The maximum absolute atomic E-state index is 13.4. The Morgan fingerprint density at radius 2 is 1.54 bits per heavy atom. The monoisotopic (exact) mass is 750 g/mol. The molecule has 1 amide bonds. The molecule has 0 bridgehead atoms. The summed E-state index contributed by atoms with van der Waals surface area (Å²) in [5, 5.41) is 45.9. The number of H-pyrrole nitrogens is 1. The molecule has 48 heavy (non-hydrogen) atoms. The molecule has 1 aromatic heterocycles. The first-order valence-electron chi connectivity index (χ1n) is 12.1. The van der Waals surface area contributed by atoms with Gasteiger partial charge in [0.1, 0.15) is 16.4 Å². The smallest absolute Gasteiger partial charge is 0.357 e. The molecule has 256 valence electrons. The van der Waals surface area contributed by atoms with E-state index in [1.807, 2.05) is 0 Å². The van der Waals surface area contributed by atoms with Crippen molar-refractivity contribution in [1.29, 1.82) is 0 Å². The predicted molar refractivity (Wildman–Crippen MR) is 160 cm³/mol. The van der Waals surface area contributed by atoms with Crippen molar-refractivity contribution < 1.29 is 75.0 Å². The van der Waals surface area contributed by atoms with Crippen LogP contribution in [-0.4, -0.2) is 74.2 Å². The van der Waals surface area contributed by atoms with Crippen molar-refractivity contribution in [3.63, 3.8) is 0 Å². The summed E-state index contributed by atoms with van der Waals surface area (Å²) >= 11 is 0.704. The van der Waals surface area contributed by atoms with Gasteiger partial charge in [-0.3, -0.25) is 29.1 Å². The number of hydrogen-bond donors (Lipinski definition) is 7. The molecule has 7 N–H and O–H groups in total. The number of anilines is 1. The zero-order chi connectivity index (χ0) is 35.4. The fourth-order valence-corrected chi connectivity index (χ4v) is 6.18. The number of carbonyl (C=O) groups is 2. The van der Waals surface area contributed by atoms with E-state index in [2.05, 4.69) is 28.8 Å². The standard InChI is InChI=1S/C23H18N4O17S4/c28-21-13(15(10-41-32)24-26(21)16-8-11(45-43-34)4-6-18(16)47(35,36)37)2-1-3-14-20(23(30)31)25-27(22(14)29)17-9-12(46-44-42-33)5-7-19(17)48(38,39)40/h1-9,24,32-34H,10H2,(H,30,31)(H,35,36,37)(H,38,39,40)/b2-1+,14-3+. The summed E-state index contributed by atoms with van der Waals surface area (Å²) in [4.78, 5) is 41.3. The number of rotatable bonds is 14. The van der Waals surface area contributed by atoms with Gasteiger partial charge in [0.25, 0.3) is 31.7 Å². The number of amides is 1. The van der Waals surface area contributed by atoms with E-state index in [4.69, 9.17) is 15.8 Å². The van der Waals surface area contributed by atoms with Gasteiger partial charge in [0.15, 0.2) is 5.71 Å². The van der Waals surface area contributed by atoms with E-state index in [9.17, 15) is 45.4 Å². The molecule has 0 saturated heterocycles. The van der Waals surface area contributed by atoms with E-state index in [0.717, 1.165) is 54.6 Å². The van der Waals surface area contributed by atoms with Crippen LogP contribution in [-0.2, 0) is 55.0 Å². The first kappa shape index (κ1) is 36.6. The van der Waals surface area contributed by atoms with Gasteiger partial charge in [0, 0.05) is 9.79 Å². The number of hydrazone groups is 1.